The molecule has 0 aromatic heterocycles. The third kappa shape index (κ3) is 6.12. The van der Waals surface area contributed by atoms with Crippen LogP contribution in [-0.2, 0) is 16.0 Å². The monoisotopic (exact) mass is 359 g/mol. The van der Waals surface area contributed by atoms with E-state index in [0.717, 1.165) is 11.3 Å². The van der Waals surface area contributed by atoms with Gasteiger partial charge in [0.1, 0.15) is 0 Å². The van der Waals surface area contributed by atoms with Crippen LogP contribution >= 0.6 is 11.6 Å². The highest BCUT2D eigenvalue weighted by Gasteiger charge is 2.10. The maximum Gasteiger partial charge on any atom is 0.226 e. The van der Waals surface area contributed by atoms with Crippen LogP contribution in [0.25, 0.3) is 0 Å². The fourth-order valence-corrected chi connectivity index (χ4v) is 2.54. The number of rotatable bonds is 7. The van der Waals surface area contributed by atoms with Crippen molar-refractivity contribution in [2.24, 2.45) is 0 Å². The van der Waals surface area contributed by atoms with Crippen molar-refractivity contribution in [2.75, 3.05) is 30.9 Å². The first-order chi connectivity index (χ1) is 12.0. The Bertz CT molecular complexity index is 733. The lowest BCUT2D eigenvalue weighted by atomic mass is 10.1. The minimum absolute atomic E-state index is 0.101. The molecule has 0 bridgehead atoms. The number of hydrogen-bond acceptors (Lipinski definition) is 3. The van der Waals surface area contributed by atoms with E-state index in [2.05, 4.69) is 10.6 Å². The van der Waals surface area contributed by atoms with E-state index in [1.807, 2.05) is 55.4 Å². The molecule has 25 heavy (non-hydrogen) atoms. The molecule has 0 spiro atoms. The molecule has 2 aromatic carbocycles. The van der Waals surface area contributed by atoms with Gasteiger partial charge in [-0.3, -0.25) is 9.59 Å². The molecule has 5 nitrogen and oxygen atoms in total. The molecule has 0 heterocycles. The molecule has 0 saturated carbocycles. The van der Waals surface area contributed by atoms with E-state index in [0.29, 0.717) is 17.1 Å². The lowest BCUT2D eigenvalue weighted by Gasteiger charge is -2.18. The van der Waals surface area contributed by atoms with Crippen LogP contribution in [0.3, 0.4) is 0 Å². The van der Waals surface area contributed by atoms with Crippen LogP contribution in [-0.4, -0.2) is 32.5 Å². The van der Waals surface area contributed by atoms with E-state index >= 15 is 0 Å². The summed E-state index contributed by atoms with van der Waals surface area (Å²) in [5.74, 6) is -0.277. The first-order valence-corrected chi connectivity index (χ1v) is 8.41. The van der Waals surface area contributed by atoms with Crippen molar-refractivity contribution in [1.29, 1.82) is 0 Å². The number of nitrogens with one attached hydrogen (secondary N) is 2. The van der Waals surface area contributed by atoms with Crippen molar-refractivity contribution in [3.63, 3.8) is 0 Å². The number of halogens is 1. The van der Waals surface area contributed by atoms with Crippen LogP contribution in [0.15, 0.2) is 48.5 Å². The Morgan fingerprint density at radius 2 is 1.76 bits per heavy atom. The van der Waals surface area contributed by atoms with Crippen molar-refractivity contribution in [2.45, 2.75) is 12.8 Å². The van der Waals surface area contributed by atoms with E-state index in [-0.39, 0.29) is 24.8 Å². The maximum atomic E-state index is 12.1. The predicted octanol–water partition coefficient (Wildman–Crippen LogP) is 3.09. The molecule has 2 N–H and O–H groups in total. The van der Waals surface area contributed by atoms with Crippen molar-refractivity contribution in [3.05, 3.63) is 59.1 Å². The van der Waals surface area contributed by atoms with Gasteiger partial charge in [0.05, 0.1) is 17.8 Å². The molecule has 2 aromatic rings. The summed E-state index contributed by atoms with van der Waals surface area (Å²) in [6.45, 7) is 0.287. The summed E-state index contributed by atoms with van der Waals surface area (Å²) in [6.07, 6.45) is 0.501. The Morgan fingerprint density at radius 1 is 1.04 bits per heavy atom. The van der Waals surface area contributed by atoms with Gasteiger partial charge >= 0.3 is 0 Å². The van der Waals surface area contributed by atoms with Gasteiger partial charge in [-0.15, -0.1) is 0 Å². The second-order valence-electron chi connectivity index (χ2n) is 5.87. The lowest BCUT2D eigenvalue weighted by molar-refractivity contribution is -0.120. The van der Waals surface area contributed by atoms with Crippen molar-refractivity contribution in [1.82, 2.24) is 5.32 Å². The van der Waals surface area contributed by atoms with Gasteiger partial charge in [0.2, 0.25) is 11.8 Å². The Morgan fingerprint density at radius 3 is 2.44 bits per heavy atom. The molecule has 0 unspecified atom stereocenters. The van der Waals surface area contributed by atoms with Gasteiger partial charge in [0, 0.05) is 32.1 Å². The van der Waals surface area contributed by atoms with Crippen LogP contribution < -0.4 is 15.5 Å². The number of benzene rings is 2. The number of amides is 2. The number of carbonyl (C=O) groups is 2. The molecule has 0 fully saturated rings. The van der Waals surface area contributed by atoms with Gasteiger partial charge < -0.3 is 15.5 Å². The number of hydrogen-bond donors (Lipinski definition) is 2. The third-order valence-corrected chi connectivity index (χ3v) is 3.83. The summed E-state index contributed by atoms with van der Waals surface area (Å²) in [6, 6.07) is 14.8. The van der Waals surface area contributed by atoms with Crippen molar-refractivity contribution in [3.8, 4) is 0 Å². The molecule has 0 radical (unpaired) electrons. The van der Waals surface area contributed by atoms with Gasteiger partial charge in [-0.1, -0.05) is 41.9 Å². The molecule has 0 atom stereocenters. The van der Waals surface area contributed by atoms with E-state index in [1.54, 1.807) is 12.1 Å². The molecule has 0 aliphatic carbocycles. The topological polar surface area (TPSA) is 61.4 Å². The Kier molecular flexibility index (Phi) is 6.83. The second-order valence-corrected chi connectivity index (χ2v) is 6.30. The number of anilines is 2. The highest BCUT2D eigenvalue weighted by atomic mass is 35.5. The molecule has 6 heteroatoms. The summed E-state index contributed by atoms with van der Waals surface area (Å²) < 4.78 is 0. The molecule has 0 aliphatic heterocycles. The minimum Gasteiger partial charge on any atom is -0.376 e. The Labute approximate surface area is 153 Å². The van der Waals surface area contributed by atoms with E-state index < -0.39 is 0 Å². The molecule has 0 saturated heterocycles. The summed E-state index contributed by atoms with van der Waals surface area (Å²) >= 11 is 6.00. The lowest BCUT2D eigenvalue weighted by Crippen LogP contribution is -2.29. The highest BCUT2D eigenvalue weighted by Crippen LogP contribution is 2.27. The van der Waals surface area contributed by atoms with Crippen LogP contribution in [0, 0.1) is 0 Å². The first-order valence-electron chi connectivity index (χ1n) is 8.03. The van der Waals surface area contributed by atoms with Crippen LogP contribution in [0.1, 0.15) is 12.0 Å². The average molecular weight is 360 g/mol. The predicted molar refractivity (Wildman–Crippen MR) is 102 cm³/mol. The largest absolute Gasteiger partial charge is 0.376 e. The molecule has 132 valence electrons. The van der Waals surface area contributed by atoms with E-state index in [1.165, 1.54) is 0 Å². The number of carbonyl (C=O) groups excluding carboxylic acids is 2. The SMILES string of the molecule is CN(C)c1ccc(Cl)cc1NC(=O)CCNC(=O)Cc1ccccc1. The van der Waals surface area contributed by atoms with E-state index in [4.69, 9.17) is 11.6 Å². The summed E-state index contributed by atoms with van der Waals surface area (Å²) in [5, 5.41) is 6.15. The fourth-order valence-electron chi connectivity index (χ4n) is 2.37. The Balaban J connectivity index is 1.81. The van der Waals surface area contributed by atoms with Gasteiger partial charge in [0.25, 0.3) is 0 Å². The van der Waals surface area contributed by atoms with Crippen LogP contribution in [0.5, 0.6) is 0 Å². The highest BCUT2D eigenvalue weighted by molar-refractivity contribution is 6.31. The third-order valence-electron chi connectivity index (χ3n) is 3.60. The standard InChI is InChI=1S/C19H22ClN3O2/c1-23(2)17-9-8-15(20)13-16(17)22-18(24)10-11-21-19(25)12-14-6-4-3-5-7-14/h3-9,13H,10-12H2,1-2H3,(H,21,25)(H,22,24). The van der Waals surface area contributed by atoms with Crippen molar-refractivity contribution < 1.29 is 9.59 Å². The zero-order valence-corrected chi connectivity index (χ0v) is 15.1. The van der Waals surface area contributed by atoms with Gasteiger partial charge in [-0.25, -0.2) is 0 Å². The number of nitrogens with zero attached hydrogens (tertiary/aromatic N) is 1. The summed E-state index contributed by atoms with van der Waals surface area (Å²) in [5.41, 5.74) is 2.46. The van der Waals surface area contributed by atoms with Crippen molar-refractivity contribution >= 4 is 34.8 Å². The average Bonchev–Trinajstić information content (AvgIpc) is 2.55. The summed E-state index contributed by atoms with van der Waals surface area (Å²) in [7, 11) is 3.78. The zero-order chi connectivity index (χ0) is 18.2. The molecule has 2 amide bonds. The Hall–Kier alpha value is -2.53. The smallest absolute Gasteiger partial charge is 0.226 e. The van der Waals surface area contributed by atoms with Crippen LogP contribution in [0.4, 0.5) is 11.4 Å². The summed E-state index contributed by atoms with van der Waals surface area (Å²) in [4.78, 5) is 25.9. The van der Waals surface area contributed by atoms with Gasteiger partial charge in [-0.05, 0) is 23.8 Å². The second kappa shape index (κ2) is 9.08. The van der Waals surface area contributed by atoms with Crippen LogP contribution in [0.2, 0.25) is 5.02 Å². The fraction of sp³-hybridized carbons (Fsp3) is 0.263. The molecule has 0 aliphatic rings. The molecule has 2 rings (SSSR count). The zero-order valence-electron chi connectivity index (χ0n) is 14.4. The van der Waals surface area contributed by atoms with E-state index in [9.17, 15) is 9.59 Å². The van der Waals surface area contributed by atoms with Gasteiger partial charge in [0.15, 0.2) is 0 Å². The van der Waals surface area contributed by atoms with Gasteiger partial charge in [-0.2, -0.15) is 0 Å². The minimum atomic E-state index is -0.176. The normalized spacial score (nSPS) is 10.2. The molecular weight excluding hydrogens is 338 g/mol. The quantitative estimate of drug-likeness (QED) is 0.798. The maximum absolute atomic E-state index is 12.1. The molecular formula is C19H22ClN3O2. The first kappa shape index (κ1) is 18.8.